The molecular formula is C18H18N2O2S2. The number of amides is 1. The Bertz CT molecular complexity index is 800. The van der Waals surface area contributed by atoms with Crippen molar-refractivity contribution < 1.29 is 9.53 Å². The highest BCUT2D eigenvalue weighted by atomic mass is 32.2. The molecular weight excluding hydrogens is 340 g/mol. The summed E-state index contributed by atoms with van der Waals surface area (Å²) >= 11 is 3.08. The summed E-state index contributed by atoms with van der Waals surface area (Å²) in [6.45, 7) is 2.96. The van der Waals surface area contributed by atoms with E-state index in [9.17, 15) is 4.79 Å². The summed E-state index contributed by atoms with van der Waals surface area (Å²) < 4.78 is 7.72. The number of benzene rings is 2. The van der Waals surface area contributed by atoms with Crippen LogP contribution in [0.1, 0.15) is 5.56 Å². The van der Waals surface area contributed by atoms with Crippen molar-refractivity contribution in [2.24, 2.45) is 0 Å². The second kappa shape index (κ2) is 8.17. The third kappa shape index (κ3) is 4.49. The first-order valence-corrected chi connectivity index (χ1v) is 9.46. The van der Waals surface area contributed by atoms with Gasteiger partial charge in [-0.3, -0.25) is 4.79 Å². The number of carbonyl (C=O) groups excluding carboxylic acids is 1. The fourth-order valence-electron chi connectivity index (χ4n) is 2.16. The molecule has 1 aromatic heterocycles. The summed E-state index contributed by atoms with van der Waals surface area (Å²) in [4.78, 5) is 16.4. The van der Waals surface area contributed by atoms with Gasteiger partial charge in [0, 0.05) is 0 Å². The minimum absolute atomic E-state index is 0.00682. The lowest BCUT2D eigenvalue weighted by molar-refractivity contribution is -0.118. The maximum atomic E-state index is 11.9. The van der Waals surface area contributed by atoms with Crippen LogP contribution >= 0.6 is 23.1 Å². The minimum atomic E-state index is -0.00682. The molecule has 24 heavy (non-hydrogen) atoms. The van der Waals surface area contributed by atoms with Crippen molar-refractivity contribution in [2.45, 2.75) is 11.3 Å². The Labute approximate surface area is 149 Å². The molecule has 4 nitrogen and oxygen atoms in total. The molecule has 0 bridgehead atoms. The quantitative estimate of drug-likeness (QED) is 0.514. The highest BCUT2D eigenvalue weighted by molar-refractivity contribution is 8.01. The maximum absolute atomic E-state index is 11.9. The van der Waals surface area contributed by atoms with Crippen LogP contribution in [-0.2, 0) is 4.79 Å². The lowest BCUT2D eigenvalue weighted by Gasteiger charge is -2.09. The summed E-state index contributed by atoms with van der Waals surface area (Å²) in [7, 11) is 0. The van der Waals surface area contributed by atoms with E-state index in [1.54, 1.807) is 11.3 Å². The highest BCUT2D eigenvalue weighted by Crippen LogP contribution is 2.28. The van der Waals surface area contributed by atoms with Crippen LogP contribution in [0.4, 0.5) is 0 Å². The number of thioether (sulfide) groups is 1. The molecule has 3 rings (SSSR count). The molecule has 1 amide bonds. The SMILES string of the molecule is Cc1ccccc1OCCNC(=O)CSc1nc2ccccc2s1. The number of hydrogen-bond acceptors (Lipinski definition) is 5. The van der Waals surface area contributed by atoms with Gasteiger partial charge in [0.15, 0.2) is 4.34 Å². The van der Waals surface area contributed by atoms with E-state index in [4.69, 9.17) is 4.74 Å². The zero-order valence-electron chi connectivity index (χ0n) is 13.3. The predicted octanol–water partition coefficient (Wildman–Crippen LogP) is 3.89. The third-order valence-corrected chi connectivity index (χ3v) is 5.56. The van der Waals surface area contributed by atoms with E-state index >= 15 is 0 Å². The Morgan fingerprint density at radius 2 is 2.00 bits per heavy atom. The number of hydrogen-bond donors (Lipinski definition) is 1. The largest absolute Gasteiger partial charge is 0.491 e. The molecule has 0 saturated carbocycles. The third-order valence-electron chi connectivity index (χ3n) is 3.38. The van der Waals surface area contributed by atoms with Gasteiger partial charge in [0.2, 0.25) is 5.91 Å². The second-order valence-corrected chi connectivity index (χ2v) is 7.45. The van der Waals surface area contributed by atoms with Gasteiger partial charge in [-0.1, -0.05) is 42.1 Å². The van der Waals surface area contributed by atoms with Gasteiger partial charge in [-0.2, -0.15) is 0 Å². The fraction of sp³-hybridized carbons (Fsp3) is 0.222. The summed E-state index contributed by atoms with van der Waals surface area (Å²) in [5.41, 5.74) is 2.08. The summed E-state index contributed by atoms with van der Waals surface area (Å²) in [6, 6.07) is 15.8. The first-order chi connectivity index (χ1) is 11.7. The van der Waals surface area contributed by atoms with Gasteiger partial charge in [-0.25, -0.2) is 4.98 Å². The van der Waals surface area contributed by atoms with Crippen molar-refractivity contribution in [1.29, 1.82) is 0 Å². The van der Waals surface area contributed by atoms with Gasteiger partial charge < -0.3 is 10.1 Å². The summed E-state index contributed by atoms with van der Waals surface area (Å²) in [5, 5.41) is 2.87. The molecule has 1 heterocycles. The average Bonchev–Trinajstić information content (AvgIpc) is 3.01. The van der Waals surface area contributed by atoms with Gasteiger partial charge in [0.05, 0.1) is 22.5 Å². The Balaban J connectivity index is 1.39. The normalized spacial score (nSPS) is 10.7. The Kier molecular flexibility index (Phi) is 5.72. The number of aryl methyl sites for hydroxylation is 1. The van der Waals surface area contributed by atoms with E-state index in [0.29, 0.717) is 18.9 Å². The maximum Gasteiger partial charge on any atom is 0.230 e. The van der Waals surface area contributed by atoms with Crippen molar-refractivity contribution >= 4 is 39.2 Å². The van der Waals surface area contributed by atoms with Gasteiger partial charge in [0.25, 0.3) is 0 Å². The Hall–Kier alpha value is -2.05. The van der Waals surface area contributed by atoms with Crippen LogP contribution in [0.25, 0.3) is 10.2 Å². The van der Waals surface area contributed by atoms with Crippen LogP contribution in [0.5, 0.6) is 5.75 Å². The number of rotatable bonds is 7. The van der Waals surface area contributed by atoms with Gasteiger partial charge >= 0.3 is 0 Å². The number of aromatic nitrogens is 1. The Morgan fingerprint density at radius 1 is 1.21 bits per heavy atom. The topological polar surface area (TPSA) is 51.2 Å². The van der Waals surface area contributed by atoms with E-state index in [-0.39, 0.29) is 5.91 Å². The lowest BCUT2D eigenvalue weighted by Crippen LogP contribution is -2.29. The number of fused-ring (bicyclic) bond motifs is 1. The van der Waals surface area contributed by atoms with E-state index < -0.39 is 0 Å². The lowest BCUT2D eigenvalue weighted by atomic mass is 10.2. The van der Waals surface area contributed by atoms with Crippen molar-refractivity contribution in [3.8, 4) is 5.75 Å². The van der Waals surface area contributed by atoms with Gasteiger partial charge in [-0.15, -0.1) is 11.3 Å². The van der Waals surface area contributed by atoms with Crippen molar-refractivity contribution in [3.63, 3.8) is 0 Å². The molecule has 0 unspecified atom stereocenters. The zero-order chi connectivity index (χ0) is 16.8. The molecule has 0 spiro atoms. The molecule has 0 fully saturated rings. The van der Waals surface area contributed by atoms with E-state index in [1.807, 2.05) is 55.5 Å². The zero-order valence-corrected chi connectivity index (χ0v) is 15.0. The number of nitrogens with zero attached hydrogens (tertiary/aromatic N) is 1. The average molecular weight is 358 g/mol. The molecule has 0 aliphatic heterocycles. The number of thiazole rings is 1. The molecule has 124 valence electrons. The van der Waals surface area contributed by atoms with Crippen molar-refractivity contribution in [3.05, 3.63) is 54.1 Å². The molecule has 1 N–H and O–H groups in total. The second-order valence-electron chi connectivity index (χ2n) is 5.20. The first-order valence-electron chi connectivity index (χ1n) is 7.66. The fourth-order valence-corrected chi connectivity index (χ4v) is 4.06. The predicted molar refractivity (Wildman–Crippen MR) is 100 cm³/mol. The van der Waals surface area contributed by atoms with Gasteiger partial charge in [-0.05, 0) is 30.7 Å². The van der Waals surface area contributed by atoms with Crippen LogP contribution in [0, 0.1) is 6.92 Å². The first kappa shape index (κ1) is 16.8. The van der Waals surface area contributed by atoms with Crippen LogP contribution < -0.4 is 10.1 Å². The monoisotopic (exact) mass is 358 g/mol. The number of carbonyl (C=O) groups is 1. The van der Waals surface area contributed by atoms with E-state index in [1.165, 1.54) is 11.8 Å². The summed E-state index contributed by atoms with van der Waals surface area (Å²) in [5.74, 6) is 1.22. The Morgan fingerprint density at radius 3 is 2.83 bits per heavy atom. The van der Waals surface area contributed by atoms with Crippen molar-refractivity contribution in [1.82, 2.24) is 10.3 Å². The molecule has 0 atom stereocenters. The van der Waals surface area contributed by atoms with Crippen LogP contribution in [0.15, 0.2) is 52.9 Å². The number of nitrogens with one attached hydrogen (secondary N) is 1. The standard InChI is InChI=1S/C18H18N2O2S2/c1-13-6-2-4-8-15(13)22-11-10-19-17(21)12-23-18-20-14-7-3-5-9-16(14)24-18/h2-9H,10-12H2,1H3,(H,19,21). The van der Waals surface area contributed by atoms with Gasteiger partial charge in [0.1, 0.15) is 12.4 Å². The molecule has 0 aliphatic carbocycles. The van der Waals surface area contributed by atoms with E-state index in [2.05, 4.69) is 10.3 Å². The highest BCUT2D eigenvalue weighted by Gasteiger charge is 2.07. The molecule has 0 saturated heterocycles. The molecule has 0 aliphatic rings. The van der Waals surface area contributed by atoms with Crippen molar-refractivity contribution in [2.75, 3.05) is 18.9 Å². The molecule has 2 aromatic carbocycles. The molecule has 3 aromatic rings. The molecule has 6 heteroatoms. The summed E-state index contributed by atoms with van der Waals surface area (Å²) in [6.07, 6.45) is 0. The number of ether oxygens (including phenoxy) is 1. The van der Waals surface area contributed by atoms with Crippen LogP contribution in [0.2, 0.25) is 0 Å². The molecule has 0 radical (unpaired) electrons. The van der Waals surface area contributed by atoms with Crippen LogP contribution in [0.3, 0.4) is 0 Å². The number of para-hydroxylation sites is 2. The van der Waals surface area contributed by atoms with E-state index in [0.717, 1.165) is 25.9 Å². The minimum Gasteiger partial charge on any atom is -0.491 e. The van der Waals surface area contributed by atoms with Crippen LogP contribution in [-0.4, -0.2) is 29.8 Å². The smallest absolute Gasteiger partial charge is 0.230 e.